The van der Waals surface area contributed by atoms with Crippen molar-refractivity contribution in [3.05, 3.63) is 12.7 Å². The van der Waals surface area contributed by atoms with Gasteiger partial charge in [0.1, 0.15) is 13.2 Å². The zero-order chi connectivity index (χ0) is 12.1. The molecule has 0 N–H and O–H groups in total. The van der Waals surface area contributed by atoms with E-state index in [0.717, 1.165) is 17.6 Å². The van der Waals surface area contributed by atoms with E-state index in [1.54, 1.807) is 0 Å². The van der Waals surface area contributed by atoms with E-state index >= 15 is 0 Å². The van der Waals surface area contributed by atoms with Gasteiger partial charge in [-0.15, -0.1) is 0 Å². The molecule has 0 aromatic rings. The number of ether oxygens (including phenoxy) is 1. The van der Waals surface area contributed by atoms with Gasteiger partial charge in [0.2, 0.25) is 0 Å². The molecule has 15 heavy (non-hydrogen) atoms. The molecule has 0 radical (unpaired) electrons. The topological polar surface area (TPSA) is 26.3 Å². The fourth-order valence-electron chi connectivity index (χ4n) is 1.37. The van der Waals surface area contributed by atoms with Crippen LogP contribution in [0.15, 0.2) is 12.7 Å². The monoisotopic (exact) mass is 214 g/mol. The highest BCUT2D eigenvalue weighted by atomic mass is 16.5. The minimum absolute atomic E-state index is 0.162. The number of nitrogens with zero attached hydrogens (tertiary/aromatic N) is 1. The van der Waals surface area contributed by atoms with Crippen molar-refractivity contribution in [1.29, 1.82) is 0 Å². The summed E-state index contributed by atoms with van der Waals surface area (Å²) in [4.78, 5) is 10.9. The summed E-state index contributed by atoms with van der Waals surface area (Å²) in [7, 11) is 2.18. The number of quaternary nitrogens is 1. The zero-order valence-electron chi connectivity index (χ0n) is 10.7. The number of hydrogen-bond donors (Lipinski definition) is 0. The molecule has 0 aromatic carbocycles. The number of carbonyl (C=O) groups is 1. The lowest BCUT2D eigenvalue weighted by atomic mass is 10.0. The van der Waals surface area contributed by atoms with E-state index in [0.29, 0.717) is 6.61 Å². The van der Waals surface area contributed by atoms with E-state index in [9.17, 15) is 4.79 Å². The van der Waals surface area contributed by atoms with Crippen LogP contribution in [0.5, 0.6) is 0 Å². The van der Waals surface area contributed by atoms with Crippen molar-refractivity contribution < 1.29 is 14.0 Å². The Labute approximate surface area is 93.3 Å². The van der Waals surface area contributed by atoms with Gasteiger partial charge >= 0.3 is 5.97 Å². The van der Waals surface area contributed by atoms with Crippen LogP contribution in [0.3, 0.4) is 0 Å². The van der Waals surface area contributed by atoms with E-state index in [1.807, 2.05) is 0 Å². The fraction of sp³-hybridized carbons (Fsp3) is 0.750. The Kier molecular flexibility index (Phi) is 5.01. The van der Waals surface area contributed by atoms with Crippen molar-refractivity contribution in [3.63, 3.8) is 0 Å². The molecule has 0 aliphatic carbocycles. The summed E-state index contributed by atoms with van der Waals surface area (Å²) >= 11 is 0. The number of hydrogen-bond acceptors (Lipinski definition) is 2. The normalized spacial score (nSPS) is 15.5. The van der Waals surface area contributed by atoms with E-state index < -0.39 is 0 Å². The molecule has 0 saturated carbocycles. The summed E-state index contributed by atoms with van der Waals surface area (Å²) < 4.78 is 5.90. The number of esters is 1. The van der Waals surface area contributed by atoms with Crippen molar-refractivity contribution >= 4 is 5.97 Å². The predicted octanol–water partition coefficient (Wildman–Crippen LogP) is 1.98. The average Bonchev–Trinajstić information content (AvgIpc) is 2.15. The molecule has 3 heteroatoms. The number of carbonyl (C=O) groups excluding carboxylic acids is 1. The van der Waals surface area contributed by atoms with Crippen LogP contribution < -0.4 is 0 Å². The molecule has 0 bridgehead atoms. The molecule has 0 rings (SSSR count). The highest BCUT2D eigenvalue weighted by Crippen LogP contribution is 2.20. The van der Waals surface area contributed by atoms with Crippen molar-refractivity contribution in [3.8, 4) is 0 Å². The first kappa shape index (κ1) is 14.2. The summed E-state index contributed by atoms with van der Waals surface area (Å²) in [5.74, 6) is -0.341. The molecular formula is C12H24NO2+. The average molecular weight is 214 g/mol. The van der Waals surface area contributed by atoms with Crippen molar-refractivity contribution in [2.24, 2.45) is 0 Å². The SMILES string of the molecule is C=CC(=O)OCC[N+](C)(CC)C(C)(C)C. The van der Waals surface area contributed by atoms with Crippen LogP contribution in [0.1, 0.15) is 27.7 Å². The minimum atomic E-state index is -0.341. The maximum atomic E-state index is 10.9. The molecule has 3 nitrogen and oxygen atoms in total. The Morgan fingerprint density at radius 3 is 2.33 bits per heavy atom. The smallest absolute Gasteiger partial charge is 0.330 e. The van der Waals surface area contributed by atoms with Crippen LogP contribution in [0, 0.1) is 0 Å². The van der Waals surface area contributed by atoms with Crippen LogP contribution in [0.4, 0.5) is 0 Å². The van der Waals surface area contributed by atoms with Gasteiger partial charge in [0.25, 0.3) is 0 Å². The first-order chi connectivity index (χ1) is 6.77. The highest BCUT2D eigenvalue weighted by molar-refractivity contribution is 5.81. The Bertz CT molecular complexity index is 230. The lowest BCUT2D eigenvalue weighted by molar-refractivity contribution is -0.951. The van der Waals surface area contributed by atoms with Gasteiger partial charge in [0.15, 0.2) is 0 Å². The second-order valence-electron chi connectivity index (χ2n) is 4.98. The highest BCUT2D eigenvalue weighted by Gasteiger charge is 2.34. The first-order valence-corrected chi connectivity index (χ1v) is 5.40. The third-order valence-electron chi connectivity index (χ3n) is 3.31. The Balaban J connectivity index is 4.23. The standard InChI is InChI=1S/C12H24NO2/c1-7-11(14)15-10-9-13(6,8-2)12(3,4)5/h7H,1,8-10H2,2-6H3/q+1. The van der Waals surface area contributed by atoms with Crippen molar-refractivity contribution in [1.82, 2.24) is 0 Å². The molecule has 88 valence electrons. The van der Waals surface area contributed by atoms with E-state index in [-0.39, 0.29) is 11.5 Å². The minimum Gasteiger partial charge on any atom is -0.457 e. The van der Waals surface area contributed by atoms with Gasteiger partial charge in [-0.1, -0.05) is 6.58 Å². The van der Waals surface area contributed by atoms with Gasteiger partial charge < -0.3 is 9.22 Å². The lowest BCUT2D eigenvalue weighted by Crippen LogP contribution is -2.58. The molecule has 0 aliphatic heterocycles. The molecule has 0 spiro atoms. The van der Waals surface area contributed by atoms with Gasteiger partial charge in [-0.2, -0.15) is 0 Å². The molecule has 0 amide bonds. The summed E-state index contributed by atoms with van der Waals surface area (Å²) in [6.07, 6.45) is 1.20. The molecule has 0 aliphatic rings. The second-order valence-corrected chi connectivity index (χ2v) is 4.98. The maximum Gasteiger partial charge on any atom is 0.330 e. The first-order valence-electron chi connectivity index (χ1n) is 5.40. The van der Waals surface area contributed by atoms with Gasteiger partial charge in [-0.3, -0.25) is 0 Å². The van der Waals surface area contributed by atoms with Crippen LogP contribution >= 0.6 is 0 Å². The summed E-state index contributed by atoms with van der Waals surface area (Å²) in [5, 5.41) is 0. The third-order valence-corrected chi connectivity index (χ3v) is 3.31. The zero-order valence-corrected chi connectivity index (χ0v) is 10.7. The second kappa shape index (κ2) is 5.31. The third kappa shape index (κ3) is 4.04. The molecule has 0 aromatic heterocycles. The van der Waals surface area contributed by atoms with E-state index in [2.05, 4.69) is 41.3 Å². The number of likely N-dealkylation sites (N-methyl/N-ethyl adjacent to an activating group) is 1. The Morgan fingerprint density at radius 1 is 1.47 bits per heavy atom. The number of rotatable bonds is 5. The Hall–Kier alpha value is -0.830. The van der Waals surface area contributed by atoms with Gasteiger partial charge in [0.05, 0.1) is 19.1 Å². The van der Waals surface area contributed by atoms with Crippen LogP contribution in [0.25, 0.3) is 0 Å². The largest absolute Gasteiger partial charge is 0.457 e. The Morgan fingerprint density at radius 2 is 2.00 bits per heavy atom. The lowest BCUT2D eigenvalue weighted by Gasteiger charge is -2.45. The predicted molar refractivity (Wildman–Crippen MR) is 62.5 cm³/mol. The van der Waals surface area contributed by atoms with Gasteiger partial charge in [0, 0.05) is 6.08 Å². The van der Waals surface area contributed by atoms with Crippen LogP contribution in [0.2, 0.25) is 0 Å². The van der Waals surface area contributed by atoms with Crippen LogP contribution in [-0.2, 0) is 9.53 Å². The molecule has 1 atom stereocenters. The molecule has 0 fully saturated rings. The fourth-order valence-corrected chi connectivity index (χ4v) is 1.37. The summed E-state index contributed by atoms with van der Waals surface area (Å²) in [5.41, 5.74) is 0.162. The van der Waals surface area contributed by atoms with Gasteiger partial charge in [-0.05, 0) is 27.7 Å². The summed E-state index contributed by atoms with van der Waals surface area (Å²) in [6.45, 7) is 14.4. The van der Waals surface area contributed by atoms with Gasteiger partial charge in [-0.25, -0.2) is 4.79 Å². The van der Waals surface area contributed by atoms with Crippen LogP contribution in [-0.4, -0.2) is 42.7 Å². The maximum absolute atomic E-state index is 10.9. The van der Waals surface area contributed by atoms with E-state index in [1.165, 1.54) is 6.08 Å². The van der Waals surface area contributed by atoms with E-state index in [4.69, 9.17) is 4.74 Å². The molecule has 1 unspecified atom stereocenters. The summed E-state index contributed by atoms with van der Waals surface area (Å²) in [6, 6.07) is 0. The quantitative estimate of drug-likeness (QED) is 0.397. The van der Waals surface area contributed by atoms with Crippen molar-refractivity contribution in [2.75, 3.05) is 26.7 Å². The van der Waals surface area contributed by atoms with Crippen molar-refractivity contribution in [2.45, 2.75) is 33.2 Å². The molecular weight excluding hydrogens is 190 g/mol. The molecule has 0 saturated heterocycles. The molecule has 0 heterocycles.